The number of halogens is 1. The summed E-state index contributed by atoms with van der Waals surface area (Å²) >= 11 is 5.67. The van der Waals surface area contributed by atoms with Crippen molar-refractivity contribution in [2.24, 2.45) is 0 Å². The average Bonchev–Trinajstić information content (AvgIpc) is 2.42. The van der Waals surface area contributed by atoms with Crippen molar-refractivity contribution in [3.63, 3.8) is 0 Å². The van der Waals surface area contributed by atoms with Crippen LogP contribution in [0.25, 0.3) is 0 Å². The molecule has 1 aromatic rings. The molecule has 0 saturated heterocycles. The van der Waals surface area contributed by atoms with Crippen molar-refractivity contribution < 1.29 is 22.1 Å². The number of rotatable bonds is 9. The Hall–Kier alpha value is -0.390. The molecule has 0 heterocycles. The first kappa shape index (κ1) is 18.7. The highest BCUT2D eigenvalue weighted by Gasteiger charge is 2.24. The molecular weight excluding hydrogens is 335 g/mol. The second-order valence-corrected chi connectivity index (χ2v) is 9.24. The molecule has 0 aliphatic rings. The van der Waals surface area contributed by atoms with Crippen LogP contribution >= 0.6 is 19.0 Å². The van der Waals surface area contributed by atoms with Gasteiger partial charge in [0.15, 0.2) is 0 Å². The molecule has 1 unspecified atom stereocenters. The molecule has 5 nitrogen and oxygen atoms in total. The van der Waals surface area contributed by atoms with Crippen LogP contribution in [0.3, 0.4) is 0 Å². The summed E-state index contributed by atoms with van der Waals surface area (Å²) in [7, 11) is -7.62. The second kappa shape index (κ2) is 8.30. The van der Waals surface area contributed by atoms with Gasteiger partial charge in [-0.15, -0.1) is 0 Å². The number of hydrogen-bond acceptors (Lipinski definition) is 4. The van der Waals surface area contributed by atoms with Gasteiger partial charge in [0, 0.05) is 11.2 Å². The zero-order chi connectivity index (χ0) is 15.9. The average molecular weight is 355 g/mol. The Morgan fingerprint density at radius 1 is 1.19 bits per heavy atom. The fourth-order valence-electron chi connectivity index (χ4n) is 1.67. The lowest BCUT2D eigenvalue weighted by Crippen LogP contribution is -2.09. The zero-order valence-electron chi connectivity index (χ0n) is 11.9. The maximum absolute atomic E-state index is 11.9. The van der Waals surface area contributed by atoms with Crippen molar-refractivity contribution in [1.29, 1.82) is 0 Å². The molecule has 21 heavy (non-hydrogen) atoms. The highest BCUT2D eigenvalue weighted by Crippen LogP contribution is 2.42. The predicted octanol–water partition coefficient (Wildman–Crippen LogP) is 3.85. The molecule has 1 atom stereocenters. The zero-order valence-corrected chi connectivity index (χ0v) is 14.3. The smallest absolute Gasteiger partial charge is 0.297 e. The molecule has 0 amide bonds. The molecule has 0 spiro atoms. The van der Waals surface area contributed by atoms with Crippen molar-refractivity contribution >= 4 is 29.1 Å². The standard InChI is InChI=1S/C13H20ClO5PS/c1-2-3-4-5-10-20(15,16)11-19-21(17,18)13-8-6-12(14)7-9-13/h6-9H,2-5,10-11H2,1H3,(H,15,16). The van der Waals surface area contributed by atoms with Gasteiger partial charge < -0.3 is 4.89 Å². The molecular formula is C13H20ClO5PS. The molecule has 8 heteroatoms. The van der Waals surface area contributed by atoms with E-state index in [-0.39, 0.29) is 11.1 Å². The lowest BCUT2D eigenvalue weighted by molar-refractivity contribution is 0.345. The summed E-state index contributed by atoms with van der Waals surface area (Å²) in [5.41, 5.74) is 0. The summed E-state index contributed by atoms with van der Waals surface area (Å²) in [4.78, 5) is 9.63. The van der Waals surface area contributed by atoms with Crippen LogP contribution in [0.5, 0.6) is 0 Å². The van der Waals surface area contributed by atoms with Crippen LogP contribution in [0.1, 0.15) is 32.6 Å². The largest absolute Gasteiger partial charge is 0.343 e. The SMILES string of the molecule is CCCCCCP(=O)(O)COS(=O)(=O)c1ccc(Cl)cc1. The molecule has 120 valence electrons. The van der Waals surface area contributed by atoms with Gasteiger partial charge in [0.05, 0.1) is 4.90 Å². The summed E-state index contributed by atoms with van der Waals surface area (Å²) in [5, 5.41) is 0.401. The van der Waals surface area contributed by atoms with E-state index in [9.17, 15) is 17.9 Å². The molecule has 0 aliphatic heterocycles. The fourth-order valence-corrected chi connectivity index (χ4v) is 4.46. The van der Waals surface area contributed by atoms with Crippen LogP contribution in [0.4, 0.5) is 0 Å². The molecule has 1 rings (SSSR count). The first-order valence-electron chi connectivity index (χ1n) is 6.73. The highest BCUT2D eigenvalue weighted by molar-refractivity contribution is 7.87. The van der Waals surface area contributed by atoms with E-state index in [1.165, 1.54) is 24.3 Å². The molecule has 0 bridgehead atoms. The summed E-state index contributed by atoms with van der Waals surface area (Å²) < 4.78 is 40.3. The Balaban J connectivity index is 2.56. The normalized spacial score (nSPS) is 14.8. The fraction of sp³-hybridized carbons (Fsp3) is 0.538. The quantitative estimate of drug-likeness (QED) is 0.414. The van der Waals surface area contributed by atoms with E-state index in [2.05, 4.69) is 0 Å². The molecule has 0 saturated carbocycles. The van der Waals surface area contributed by atoms with E-state index in [1.54, 1.807) is 0 Å². The Kier molecular flexibility index (Phi) is 7.37. The van der Waals surface area contributed by atoms with E-state index in [4.69, 9.17) is 15.8 Å². The van der Waals surface area contributed by atoms with Crippen molar-refractivity contribution in [2.45, 2.75) is 37.5 Å². The van der Waals surface area contributed by atoms with E-state index < -0.39 is 23.8 Å². The van der Waals surface area contributed by atoms with Crippen LogP contribution in [0.2, 0.25) is 5.02 Å². The van der Waals surface area contributed by atoms with Crippen LogP contribution in [0, 0.1) is 0 Å². The van der Waals surface area contributed by atoms with Crippen molar-refractivity contribution in [2.75, 3.05) is 12.5 Å². The highest BCUT2D eigenvalue weighted by atomic mass is 35.5. The summed E-state index contributed by atoms with van der Waals surface area (Å²) in [6.45, 7) is 2.04. The summed E-state index contributed by atoms with van der Waals surface area (Å²) in [6, 6.07) is 5.42. The van der Waals surface area contributed by atoms with Gasteiger partial charge in [0.2, 0.25) is 7.37 Å². The predicted molar refractivity (Wildman–Crippen MR) is 83.4 cm³/mol. The van der Waals surface area contributed by atoms with Crippen LogP contribution in [-0.2, 0) is 18.9 Å². The Bertz CT molecular complexity index is 585. The number of unbranched alkanes of at least 4 members (excludes halogenated alkanes) is 3. The Labute approximate surface area is 130 Å². The van der Waals surface area contributed by atoms with Crippen LogP contribution in [0.15, 0.2) is 29.2 Å². The third-order valence-electron chi connectivity index (χ3n) is 2.87. The molecule has 0 aliphatic carbocycles. The topological polar surface area (TPSA) is 80.7 Å². The van der Waals surface area contributed by atoms with E-state index >= 15 is 0 Å². The number of hydrogen-bond donors (Lipinski definition) is 1. The van der Waals surface area contributed by atoms with Gasteiger partial charge in [-0.25, -0.2) is 0 Å². The minimum Gasteiger partial charge on any atom is -0.343 e. The summed E-state index contributed by atoms with van der Waals surface area (Å²) in [6.07, 6.45) is 2.84. The van der Waals surface area contributed by atoms with Gasteiger partial charge in [0.25, 0.3) is 10.1 Å². The third kappa shape index (κ3) is 6.94. The van der Waals surface area contributed by atoms with E-state index in [0.717, 1.165) is 19.3 Å². The first-order chi connectivity index (χ1) is 9.77. The van der Waals surface area contributed by atoms with Crippen LogP contribution < -0.4 is 0 Å². The van der Waals surface area contributed by atoms with Gasteiger partial charge >= 0.3 is 0 Å². The molecule has 0 aromatic heterocycles. The van der Waals surface area contributed by atoms with E-state index in [1.807, 2.05) is 6.92 Å². The molecule has 0 radical (unpaired) electrons. The maximum Gasteiger partial charge on any atom is 0.297 e. The molecule has 1 aromatic carbocycles. The summed E-state index contributed by atoms with van der Waals surface area (Å²) in [5.74, 6) is 0. The van der Waals surface area contributed by atoms with Gasteiger partial charge in [-0.2, -0.15) is 8.42 Å². The minimum absolute atomic E-state index is 0.0726. The van der Waals surface area contributed by atoms with Crippen molar-refractivity contribution in [3.8, 4) is 0 Å². The first-order valence-corrected chi connectivity index (χ1v) is 10.5. The monoisotopic (exact) mass is 354 g/mol. The minimum atomic E-state index is -4.04. The van der Waals surface area contributed by atoms with Gasteiger partial charge in [-0.05, 0) is 30.7 Å². The van der Waals surface area contributed by atoms with E-state index in [0.29, 0.717) is 11.4 Å². The van der Waals surface area contributed by atoms with Crippen molar-refractivity contribution in [1.82, 2.24) is 0 Å². The Morgan fingerprint density at radius 3 is 2.38 bits per heavy atom. The number of benzene rings is 1. The van der Waals surface area contributed by atoms with Gasteiger partial charge in [-0.3, -0.25) is 8.75 Å². The maximum atomic E-state index is 11.9. The van der Waals surface area contributed by atoms with Crippen LogP contribution in [-0.4, -0.2) is 25.8 Å². The van der Waals surface area contributed by atoms with Gasteiger partial charge in [0.1, 0.15) is 6.35 Å². The van der Waals surface area contributed by atoms with Crippen molar-refractivity contribution in [3.05, 3.63) is 29.3 Å². The van der Waals surface area contributed by atoms with Gasteiger partial charge in [-0.1, -0.05) is 37.8 Å². The molecule has 1 N–H and O–H groups in total. The lowest BCUT2D eigenvalue weighted by atomic mass is 10.2. The second-order valence-electron chi connectivity index (χ2n) is 4.79. The lowest BCUT2D eigenvalue weighted by Gasteiger charge is -2.12. The molecule has 0 fully saturated rings. The third-order valence-corrected chi connectivity index (χ3v) is 6.12. The Morgan fingerprint density at radius 2 is 1.81 bits per heavy atom.